The fraction of sp³-hybridized carbons (Fsp3) is 0.478. The highest BCUT2D eigenvalue weighted by atomic mass is 35.5. The van der Waals surface area contributed by atoms with Gasteiger partial charge in [0.25, 0.3) is 11.8 Å². The number of likely N-dealkylation sites (tertiary alicyclic amines) is 1. The van der Waals surface area contributed by atoms with Crippen LogP contribution >= 0.6 is 11.6 Å². The Hall–Kier alpha value is -2.48. The standard InChI is InChI=1S/C23H30ClF3N4O/c1-5-14(3)21(29-11-16(24)6-2)30-12-20-15(4)10-23(26,27)13-31(20)22(32)18-9-17(25)7-8-19(18)28/h6-9,11,15,20,30H,5,10,12-13,28H2,1-4H3/b16-6+,21-14+,29-11-. The van der Waals surface area contributed by atoms with Crippen molar-refractivity contribution in [2.24, 2.45) is 10.9 Å². The van der Waals surface area contributed by atoms with Crippen LogP contribution in [0.3, 0.4) is 0 Å². The molecule has 1 aromatic rings. The number of piperidine rings is 1. The zero-order chi connectivity index (χ0) is 24.1. The van der Waals surface area contributed by atoms with E-state index in [1.54, 1.807) is 19.9 Å². The average molecular weight is 471 g/mol. The molecular formula is C23H30ClF3N4O. The number of hydrogen-bond donors (Lipinski definition) is 2. The fourth-order valence-electron chi connectivity index (χ4n) is 3.62. The summed E-state index contributed by atoms with van der Waals surface area (Å²) in [6.45, 7) is 6.75. The lowest BCUT2D eigenvalue weighted by atomic mass is 9.87. The number of rotatable bonds is 7. The summed E-state index contributed by atoms with van der Waals surface area (Å²) in [7, 11) is 0. The molecule has 2 rings (SSSR count). The Kier molecular flexibility index (Phi) is 8.78. The minimum absolute atomic E-state index is 0.0395. The molecule has 0 aromatic heterocycles. The highest BCUT2D eigenvalue weighted by Gasteiger charge is 2.46. The number of benzene rings is 1. The molecule has 2 unspecified atom stereocenters. The number of nitrogens with two attached hydrogens (primary N) is 1. The minimum atomic E-state index is -3.05. The van der Waals surface area contributed by atoms with Crippen LogP contribution in [0.5, 0.6) is 0 Å². The van der Waals surface area contributed by atoms with Crippen LogP contribution < -0.4 is 11.1 Å². The first-order valence-corrected chi connectivity index (χ1v) is 10.9. The van der Waals surface area contributed by atoms with Crippen molar-refractivity contribution in [1.82, 2.24) is 10.2 Å². The monoisotopic (exact) mass is 470 g/mol. The molecular weight excluding hydrogens is 441 g/mol. The van der Waals surface area contributed by atoms with Gasteiger partial charge in [-0.05, 0) is 50.0 Å². The van der Waals surface area contributed by atoms with Gasteiger partial charge in [-0.2, -0.15) is 0 Å². The number of hydrogen-bond acceptors (Lipinski definition) is 4. The fourth-order valence-corrected chi connectivity index (χ4v) is 3.67. The molecule has 1 heterocycles. The topological polar surface area (TPSA) is 70.7 Å². The van der Waals surface area contributed by atoms with Crippen molar-refractivity contribution in [3.63, 3.8) is 0 Å². The van der Waals surface area contributed by atoms with E-state index in [1.165, 1.54) is 12.3 Å². The summed E-state index contributed by atoms with van der Waals surface area (Å²) in [4.78, 5) is 18.6. The van der Waals surface area contributed by atoms with Gasteiger partial charge in [-0.1, -0.05) is 31.5 Å². The van der Waals surface area contributed by atoms with Gasteiger partial charge in [-0.25, -0.2) is 18.2 Å². The quantitative estimate of drug-likeness (QED) is 0.417. The number of allylic oxidation sites excluding steroid dienone is 3. The Balaban J connectivity index is 2.34. The lowest BCUT2D eigenvalue weighted by Gasteiger charge is -2.43. The third kappa shape index (κ3) is 6.51. The van der Waals surface area contributed by atoms with Crippen LogP contribution in [0.15, 0.2) is 45.7 Å². The summed E-state index contributed by atoms with van der Waals surface area (Å²) in [6.07, 6.45) is 3.55. The molecule has 176 valence electrons. The Morgan fingerprint density at radius 3 is 2.75 bits per heavy atom. The van der Waals surface area contributed by atoms with E-state index in [0.29, 0.717) is 17.3 Å². The molecule has 1 amide bonds. The molecule has 1 aliphatic heterocycles. The van der Waals surface area contributed by atoms with E-state index in [2.05, 4.69) is 10.3 Å². The van der Waals surface area contributed by atoms with Crippen molar-refractivity contribution in [3.8, 4) is 0 Å². The van der Waals surface area contributed by atoms with Gasteiger partial charge in [-0.3, -0.25) is 4.79 Å². The van der Waals surface area contributed by atoms with Crippen molar-refractivity contribution >= 4 is 29.4 Å². The molecule has 1 aromatic carbocycles. The van der Waals surface area contributed by atoms with Crippen LogP contribution in [-0.4, -0.2) is 42.1 Å². The van der Waals surface area contributed by atoms with E-state index in [9.17, 15) is 18.0 Å². The normalized spacial score (nSPS) is 22.1. The first-order chi connectivity index (χ1) is 15.0. The predicted octanol–water partition coefficient (Wildman–Crippen LogP) is 5.34. The van der Waals surface area contributed by atoms with E-state index in [0.717, 1.165) is 22.6 Å². The van der Waals surface area contributed by atoms with Gasteiger partial charge in [0.2, 0.25) is 0 Å². The van der Waals surface area contributed by atoms with Crippen LogP contribution in [-0.2, 0) is 0 Å². The maximum absolute atomic E-state index is 14.4. The van der Waals surface area contributed by atoms with Crippen molar-refractivity contribution in [3.05, 3.63) is 52.1 Å². The number of halogens is 4. The zero-order valence-corrected chi connectivity index (χ0v) is 19.5. The molecule has 0 spiro atoms. The first-order valence-electron chi connectivity index (χ1n) is 10.5. The highest BCUT2D eigenvalue weighted by molar-refractivity contribution is 6.39. The van der Waals surface area contributed by atoms with Crippen molar-refractivity contribution in [2.75, 3.05) is 18.8 Å². The van der Waals surface area contributed by atoms with Gasteiger partial charge in [0.15, 0.2) is 0 Å². The van der Waals surface area contributed by atoms with E-state index < -0.39 is 36.2 Å². The van der Waals surface area contributed by atoms with Crippen molar-refractivity contribution < 1.29 is 18.0 Å². The van der Waals surface area contributed by atoms with Crippen LogP contribution in [0, 0.1) is 11.7 Å². The molecule has 9 heteroatoms. The molecule has 0 bridgehead atoms. The van der Waals surface area contributed by atoms with Gasteiger partial charge in [0.05, 0.1) is 23.2 Å². The molecule has 0 saturated carbocycles. The SMILES string of the molecule is C\C=C(Cl)/C=N\C(NCC1C(C)CC(F)(F)CN1C(=O)c1cc(F)ccc1N)=C(\C)CC. The van der Waals surface area contributed by atoms with Crippen LogP contribution in [0.25, 0.3) is 0 Å². The Labute approximate surface area is 192 Å². The van der Waals surface area contributed by atoms with Gasteiger partial charge in [0.1, 0.15) is 11.6 Å². The second kappa shape index (κ2) is 10.9. The number of carbonyl (C=O) groups excluding carboxylic acids is 1. The van der Waals surface area contributed by atoms with Crippen molar-refractivity contribution in [1.29, 1.82) is 0 Å². The number of alkyl halides is 2. The summed E-state index contributed by atoms with van der Waals surface area (Å²) in [5, 5.41) is 3.65. The summed E-state index contributed by atoms with van der Waals surface area (Å²) in [5.74, 6) is -4.39. The Morgan fingerprint density at radius 1 is 1.44 bits per heavy atom. The smallest absolute Gasteiger partial charge is 0.265 e. The molecule has 2 atom stereocenters. The number of aliphatic imine (C=N–C) groups is 1. The van der Waals surface area contributed by atoms with E-state index in [-0.39, 0.29) is 24.2 Å². The van der Waals surface area contributed by atoms with Crippen LogP contribution in [0.2, 0.25) is 0 Å². The van der Waals surface area contributed by atoms with Crippen molar-refractivity contribution in [2.45, 2.75) is 52.5 Å². The molecule has 1 fully saturated rings. The lowest BCUT2D eigenvalue weighted by Crippen LogP contribution is -2.58. The van der Waals surface area contributed by atoms with Gasteiger partial charge >= 0.3 is 0 Å². The molecule has 5 nitrogen and oxygen atoms in total. The number of carbonyl (C=O) groups is 1. The summed E-state index contributed by atoms with van der Waals surface area (Å²) < 4.78 is 42.5. The zero-order valence-electron chi connectivity index (χ0n) is 18.8. The molecule has 1 saturated heterocycles. The number of amides is 1. The van der Waals surface area contributed by atoms with E-state index in [4.69, 9.17) is 17.3 Å². The average Bonchev–Trinajstić information content (AvgIpc) is 2.74. The van der Waals surface area contributed by atoms with Crippen LogP contribution in [0.4, 0.5) is 18.9 Å². The first kappa shape index (κ1) is 25.8. The number of nitrogens with one attached hydrogen (secondary N) is 1. The second-order valence-electron chi connectivity index (χ2n) is 8.06. The number of anilines is 1. The Bertz CT molecular complexity index is 930. The van der Waals surface area contributed by atoms with Crippen LogP contribution in [0.1, 0.15) is 50.9 Å². The largest absolute Gasteiger partial charge is 0.398 e. The maximum Gasteiger partial charge on any atom is 0.265 e. The van der Waals surface area contributed by atoms with Gasteiger partial charge in [0, 0.05) is 24.9 Å². The summed E-state index contributed by atoms with van der Waals surface area (Å²) in [5.41, 5.74) is 6.70. The molecule has 0 radical (unpaired) electrons. The number of nitrogen functional groups attached to an aromatic ring is 1. The molecule has 0 aliphatic carbocycles. The molecule has 1 aliphatic rings. The summed E-state index contributed by atoms with van der Waals surface area (Å²) >= 11 is 6.00. The highest BCUT2D eigenvalue weighted by Crippen LogP contribution is 2.35. The third-order valence-corrected chi connectivity index (χ3v) is 5.91. The van der Waals surface area contributed by atoms with Gasteiger partial charge < -0.3 is 16.0 Å². The van der Waals surface area contributed by atoms with Gasteiger partial charge in [-0.15, -0.1) is 0 Å². The second-order valence-corrected chi connectivity index (χ2v) is 8.50. The molecule has 3 N–H and O–H groups in total. The molecule has 32 heavy (non-hydrogen) atoms. The predicted molar refractivity (Wildman–Crippen MR) is 123 cm³/mol. The number of nitrogens with zero attached hydrogens (tertiary/aromatic N) is 2. The Morgan fingerprint density at radius 2 is 2.12 bits per heavy atom. The van der Waals surface area contributed by atoms with E-state index >= 15 is 0 Å². The van der Waals surface area contributed by atoms with E-state index in [1.807, 2.05) is 13.8 Å². The third-order valence-electron chi connectivity index (χ3n) is 5.59. The maximum atomic E-state index is 14.4. The minimum Gasteiger partial charge on any atom is -0.398 e. The summed E-state index contributed by atoms with van der Waals surface area (Å²) in [6, 6.07) is 2.79. The lowest BCUT2D eigenvalue weighted by molar-refractivity contribution is -0.0912.